The molecule has 7 rings (SSSR count). The van der Waals surface area contributed by atoms with Gasteiger partial charge in [-0.05, 0) is 64.5 Å². The molecule has 0 fully saturated rings. The number of benzene rings is 6. The second kappa shape index (κ2) is 16.6. The lowest BCUT2D eigenvalue weighted by Gasteiger charge is -2.59. The third-order valence-electron chi connectivity index (χ3n) is 11.8. The van der Waals surface area contributed by atoms with Crippen LogP contribution >= 0.6 is 0 Å². The van der Waals surface area contributed by atoms with Gasteiger partial charge in [-0.3, -0.25) is 0 Å². The lowest BCUT2D eigenvalue weighted by Crippen LogP contribution is -2.68. The Labute approximate surface area is 343 Å². The van der Waals surface area contributed by atoms with Crippen molar-refractivity contribution in [3.8, 4) is 28.7 Å². The van der Waals surface area contributed by atoms with Gasteiger partial charge in [0.25, 0.3) is 0 Å². The number of hydrogen-bond donors (Lipinski definition) is 2. The molecule has 0 bridgehead atoms. The maximum Gasteiger partial charge on any atom is 0.193 e. The highest BCUT2D eigenvalue weighted by molar-refractivity contribution is 6.74. The summed E-state index contributed by atoms with van der Waals surface area (Å²) in [7, 11) is -2.83. The minimum absolute atomic E-state index is 0.222. The van der Waals surface area contributed by atoms with E-state index in [1.54, 1.807) is 6.07 Å². The summed E-state index contributed by atoms with van der Waals surface area (Å²) in [5.41, 5.74) is 1.99. The summed E-state index contributed by atoms with van der Waals surface area (Å²) in [4.78, 5) is 15.0. The van der Waals surface area contributed by atoms with Crippen molar-refractivity contribution in [2.75, 3.05) is 0 Å². The molecule has 0 saturated carbocycles. The van der Waals surface area contributed by atoms with Crippen LogP contribution in [0.1, 0.15) is 60.3 Å². The van der Waals surface area contributed by atoms with Crippen LogP contribution in [-0.4, -0.2) is 30.4 Å². The molecule has 1 unspecified atom stereocenters. The van der Waals surface area contributed by atoms with Crippen LogP contribution in [0.15, 0.2) is 152 Å². The molecule has 1 aliphatic rings. The normalized spacial score (nSPS) is 19.1. The first-order valence-corrected chi connectivity index (χ1v) is 22.7. The van der Waals surface area contributed by atoms with Gasteiger partial charge in [0.1, 0.15) is 42.3 Å². The van der Waals surface area contributed by atoms with Crippen molar-refractivity contribution in [1.29, 1.82) is 0 Å². The minimum Gasteiger partial charge on any atom is -0.504 e. The summed E-state index contributed by atoms with van der Waals surface area (Å²) < 4.78 is 28.6. The molecule has 7 nitrogen and oxygen atoms in total. The highest BCUT2D eigenvalue weighted by Gasteiger charge is 2.66. The predicted octanol–water partition coefficient (Wildman–Crippen LogP) is 11.1. The van der Waals surface area contributed by atoms with E-state index in [9.17, 15) is 10.2 Å². The molecular weight excluding hydrogens is 741 g/mol. The fourth-order valence-electron chi connectivity index (χ4n) is 7.78. The molecular formula is C50H52O7Si. The molecule has 0 radical (unpaired) electrons. The van der Waals surface area contributed by atoms with Gasteiger partial charge in [-0.1, -0.05) is 148 Å². The van der Waals surface area contributed by atoms with Crippen LogP contribution in [0.2, 0.25) is 18.1 Å². The zero-order valence-electron chi connectivity index (χ0n) is 33.9. The summed E-state index contributed by atoms with van der Waals surface area (Å²) in [5.74, 6) is 0.767. The smallest absolute Gasteiger partial charge is 0.193 e. The molecule has 1 aliphatic heterocycles. The molecule has 6 aromatic rings. The van der Waals surface area contributed by atoms with E-state index in [-0.39, 0.29) is 36.0 Å². The van der Waals surface area contributed by atoms with E-state index in [1.165, 1.54) is 12.1 Å². The van der Waals surface area contributed by atoms with Gasteiger partial charge in [-0.2, -0.15) is 0 Å². The number of rotatable bonds is 14. The van der Waals surface area contributed by atoms with Gasteiger partial charge in [-0.15, -0.1) is 0 Å². The van der Waals surface area contributed by atoms with Gasteiger partial charge in [-0.25, -0.2) is 0 Å². The third kappa shape index (κ3) is 8.13. The van der Waals surface area contributed by atoms with Crippen molar-refractivity contribution in [1.82, 2.24) is 0 Å². The maximum absolute atomic E-state index is 15.0. The summed E-state index contributed by atoms with van der Waals surface area (Å²) in [6.07, 6.45) is 0.579. The standard InChI is InChI=1S/C50H52O7Si/c1-48(2,3)58(4,5)57-50(32-37-20-12-7-13-21-37)47(40-26-27-42(52)43(53)28-40)56-45-30-41(54-33-38-22-14-8-15-23-38)29-44(55-34-39-24-16-9-17-25-39)46(45)49(50,35-51)31-36-18-10-6-11-19-36/h6-30,35,47,52-53H,31-34H2,1-5H3/t47-,49?,50+/m1/s1. The van der Waals surface area contributed by atoms with Crippen molar-refractivity contribution in [2.45, 2.75) is 82.1 Å². The quantitative estimate of drug-likeness (QED) is 0.0644. The van der Waals surface area contributed by atoms with Crippen LogP contribution < -0.4 is 14.2 Å². The van der Waals surface area contributed by atoms with Crippen molar-refractivity contribution < 1.29 is 33.6 Å². The number of ether oxygens (including phenoxy) is 3. The van der Waals surface area contributed by atoms with Crippen LogP contribution in [0.3, 0.4) is 0 Å². The fourth-order valence-corrected chi connectivity index (χ4v) is 9.35. The predicted molar refractivity (Wildman–Crippen MR) is 230 cm³/mol. The Morgan fingerprint density at radius 1 is 0.655 bits per heavy atom. The summed E-state index contributed by atoms with van der Waals surface area (Å²) in [6.45, 7) is 11.4. The molecule has 0 spiro atoms. The van der Waals surface area contributed by atoms with Crippen molar-refractivity contribution in [3.63, 3.8) is 0 Å². The highest BCUT2D eigenvalue weighted by atomic mass is 28.4. The largest absolute Gasteiger partial charge is 0.504 e. The Bertz CT molecular complexity index is 2310. The first-order valence-electron chi connectivity index (χ1n) is 19.8. The number of hydrogen-bond acceptors (Lipinski definition) is 7. The lowest BCUT2D eigenvalue weighted by atomic mass is 9.58. The topological polar surface area (TPSA) is 94.5 Å². The zero-order valence-corrected chi connectivity index (χ0v) is 34.9. The van der Waals surface area contributed by atoms with Crippen LogP contribution in [0, 0.1) is 0 Å². The second-order valence-electron chi connectivity index (χ2n) is 16.8. The van der Waals surface area contributed by atoms with E-state index in [0.717, 1.165) is 28.5 Å². The Morgan fingerprint density at radius 2 is 1.17 bits per heavy atom. The monoisotopic (exact) mass is 792 g/mol. The van der Waals surface area contributed by atoms with Crippen molar-refractivity contribution in [3.05, 3.63) is 185 Å². The molecule has 298 valence electrons. The molecule has 8 heteroatoms. The number of phenolic OH excluding ortho intramolecular Hbond substituents is 2. The van der Waals surface area contributed by atoms with Gasteiger partial charge in [0.15, 0.2) is 25.9 Å². The fraction of sp³-hybridized carbons (Fsp3) is 0.260. The first-order chi connectivity index (χ1) is 27.8. The van der Waals surface area contributed by atoms with E-state index in [2.05, 4.69) is 33.9 Å². The van der Waals surface area contributed by atoms with E-state index < -0.39 is 25.4 Å². The number of aromatic hydroxyl groups is 2. The summed E-state index contributed by atoms with van der Waals surface area (Å²) in [6, 6.07) is 48.2. The van der Waals surface area contributed by atoms with Crippen LogP contribution in [0.5, 0.6) is 28.7 Å². The number of phenols is 2. The van der Waals surface area contributed by atoms with Crippen LogP contribution in [-0.2, 0) is 40.7 Å². The van der Waals surface area contributed by atoms with E-state index in [0.29, 0.717) is 35.0 Å². The van der Waals surface area contributed by atoms with Gasteiger partial charge in [0.05, 0.1) is 11.0 Å². The molecule has 0 saturated heterocycles. The lowest BCUT2D eigenvalue weighted by molar-refractivity contribution is -0.145. The number of carbonyl (C=O) groups is 1. The summed E-state index contributed by atoms with van der Waals surface area (Å²) >= 11 is 0. The van der Waals surface area contributed by atoms with E-state index in [1.807, 2.05) is 133 Å². The molecule has 0 amide bonds. The van der Waals surface area contributed by atoms with Crippen molar-refractivity contribution in [2.24, 2.45) is 0 Å². The second-order valence-corrected chi connectivity index (χ2v) is 21.5. The zero-order chi connectivity index (χ0) is 41.0. The van der Waals surface area contributed by atoms with E-state index in [4.69, 9.17) is 18.6 Å². The maximum atomic E-state index is 15.0. The molecule has 0 aromatic heterocycles. The number of carbonyl (C=O) groups excluding carboxylic acids is 1. The Morgan fingerprint density at radius 3 is 1.69 bits per heavy atom. The van der Waals surface area contributed by atoms with Gasteiger partial charge >= 0.3 is 0 Å². The SMILES string of the molecule is CC(C)(C)[Si](C)(C)O[C@@]1(Cc2ccccc2)[C@@H](c2ccc(O)c(O)c2)Oc2cc(OCc3ccccc3)cc(OCc3ccccc3)c2C1(C=O)Cc1ccccc1. The summed E-state index contributed by atoms with van der Waals surface area (Å²) in [5, 5.41) is 21.4. The third-order valence-corrected chi connectivity index (χ3v) is 16.3. The van der Waals surface area contributed by atoms with Gasteiger partial charge < -0.3 is 33.6 Å². The average Bonchev–Trinajstić information content (AvgIpc) is 3.22. The molecule has 0 aliphatic carbocycles. The highest BCUT2D eigenvalue weighted by Crippen LogP contribution is 2.61. The first kappa shape index (κ1) is 40.4. The minimum atomic E-state index is -2.83. The number of fused-ring (bicyclic) bond motifs is 1. The number of aldehydes is 1. The van der Waals surface area contributed by atoms with E-state index >= 15 is 4.79 Å². The molecule has 1 heterocycles. The molecule has 58 heavy (non-hydrogen) atoms. The molecule has 3 atom stereocenters. The average molecular weight is 793 g/mol. The van der Waals surface area contributed by atoms with Gasteiger partial charge in [0, 0.05) is 18.6 Å². The Kier molecular flexibility index (Phi) is 11.5. The van der Waals surface area contributed by atoms with Gasteiger partial charge in [0.2, 0.25) is 0 Å². The molecule has 6 aromatic carbocycles. The Balaban J connectivity index is 1.57. The van der Waals surface area contributed by atoms with Crippen LogP contribution in [0.25, 0.3) is 0 Å². The Hall–Kier alpha value is -5.83. The van der Waals surface area contributed by atoms with Crippen molar-refractivity contribution >= 4 is 14.6 Å². The molecule has 2 N–H and O–H groups in total. The van der Waals surface area contributed by atoms with Crippen LogP contribution in [0.4, 0.5) is 0 Å².